The second-order valence-electron chi connectivity index (χ2n) is 13.6. The van der Waals surface area contributed by atoms with Crippen molar-refractivity contribution in [3.8, 4) is 0 Å². The van der Waals surface area contributed by atoms with Gasteiger partial charge in [0.2, 0.25) is 0 Å². The molecule has 3 fully saturated rings. The standard InChI is InChI=1S/C34H50N4O4.Mg/c1-7-21-17(3)25-13-26-19(5)23(9-11-33(39)40)31(37-26)16-32-24(10-12-34(41)42)20(6)28(38-32)15-30-22(8-2)18(4)27(36-30)14-29(21)35-25;/h7-8,19-20,23-32,35-36H,1-2,9-16H2,3-6H3,(H,39,40)(H,41,42);/q-2;+2. The second kappa shape index (κ2) is 14.3. The Morgan fingerprint density at radius 3 is 1.56 bits per heavy atom. The number of carbonyl (C=O) groups excluding carboxylic acids is 2. The fourth-order valence-electron chi connectivity index (χ4n) is 9.08. The summed E-state index contributed by atoms with van der Waals surface area (Å²) >= 11 is 0. The number of hydrogen-bond acceptors (Lipinski definition) is 6. The van der Waals surface area contributed by atoms with E-state index >= 15 is 0 Å². The zero-order valence-electron chi connectivity index (χ0n) is 28.4. The maximum Gasteiger partial charge on any atom is 2.00 e. The molecule has 0 aromatic carbocycles. The molecule has 5 aliphatic rings. The second-order valence-corrected chi connectivity index (χ2v) is 13.6. The van der Waals surface area contributed by atoms with Gasteiger partial charge in [-0.2, -0.15) is 0 Å². The molecule has 232 valence electrons. The number of nitrogens with one attached hydrogen (secondary N) is 2. The van der Waals surface area contributed by atoms with Crippen LogP contribution in [0, 0.1) is 23.7 Å². The molecule has 2 N–H and O–H groups in total. The van der Waals surface area contributed by atoms with Crippen LogP contribution in [-0.4, -0.2) is 83.3 Å². The molecule has 43 heavy (non-hydrogen) atoms. The van der Waals surface area contributed by atoms with E-state index in [4.69, 9.17) is 10.6 Å². The molecule has 0 radical (unpaired) electrons. The summed E-state index contributed by atoms with van der Waals surface area (Å²) in [6, 6.07) is 0.892. The summed E-state index contributed by atoms with van der Waals surface area (Å²) in [5.74, 6) is -1.32. The van der Waals surface area contributed by atoms with Gasteiger partial charge in [-0.05, 0) is 69.9 Å². The molecule has 0 amide bonds. The zero-order valence-corrected chi connectivity index (χ0v) is 27.8. The minimum Gasteiger partial charge on any atom is -0.656 e. The van der Waals surface area contributed by atoms with Crippen molar-refractivity contribution < 1.29 is 22.7 Å². The fourth-order valence-corrected chi connectivity index (χ4v) is 9.08. The molecule has 0 spiro atoms. The van der Waals surface area contributed by atoms with E-state index in [2.05, 4.69) is 51.5 Å². The van der Waals surface area contributed by atoms with Crippen molar-refractivity contribution in [3.05, 3.63) is 58.2 Å². The van der Waals surface area contributed by atoms with Crippen LogP contribution < -0.4 is 20.8 Å². The monoisotopic (exact) mass is 602 g/mol. The first-order valence-corrected chi connectivity index (χ1v) is 16.0. The molecule has 5 aliphatic heterocycles. The molecule has 0 aromatic heterocycles. The van der Waals surface area contributed by atoms with Crippen LogP contribution in [0.15, 0.2) is 47.6 Å². The number of hydrogen-bond donors (Lipinski definition) is 2. The van der Waals surface area contributed by atoms with E-state index in [1.807, 2.05) is 12.2 Å². The Kier molecular flexibility index (Phi) is 11.4. The molecule has 8 bridgehead atoms. The molecule has 12 unspecified atom stereocenters. The molecule has 0 saturated carbocycles. The van der Waals surface area contributed by atoms with Crippen LogP contribution >= 0.6 is 0 Å². The maximum atomic E-state index is 11.5. The van der Waals surface area contributed by atoms with Crippen molar-refractivity contribution >= 4 is 35.0 Å². The third kappa shape index (κ3) is 7.02. The maximum absolute atomic E-state index is 11.5. The molecular formula is C34H50MgN4O4. The molecule has 0 aliphatic carbocycles. The largest absolute Gasteiger partial charge is 2.00 e. The Bertz CT molecular complexity index is 1170. The molecular weight excluding hydrogens is 553 g/mol. The number of nitrogens with zero attached hydrogens (tertiary/aromatic N) is 2. The predicted octanol–water partition coefficient (Wildman–Crippen LogP) is 2.90. The van der Waals surface area contributed by atoms with Crippen molar-refractivity contribution in [2.24, 2.45) is 23.7 Å². The molecule has 3 saturated heterocycles. The van der Waals surface area contributed by atoms with Gasteiger partial charge in [0.1, 0.15) is 0 Å². The first-order valence-electron chi connectivity index (χ1n) is 16.0. The van der Waals surface area contributed by atoms with Gasteiger partial charge in [-0.1, -0.05) is 80.4 Å². The van der Waals surface area contributed by atoms with E-state index in [1.165, 1.54) is 22.3 Å². The quantitative estimate of drug-likeness (QED) is 0.411. The van der Waals surface area contributed by atoms with Crippen molar-refractivity contribution in [1.29, 1.82) is 0 Å². The molecule has 5 rings (SSSR count). The molecule has 5 heterocycles. The number of carboxylic acids is 2. The van der Waals surface area contributed by atoms with E-state index in [9.17, 15) is 19.8 Å². The van der Waals surface area contributed by atoms with Crippen LogP contribution in [0.4, 0.5) is 0 Å². The van der Waals surface area contributed by atoms with Crippen LogP contribution in [0.25, 0.3) is 10.6 Å². The number of carbonyl (C=O) groups is 2. The van der Waals surface area contributed by atoms with Crippen molar-refractivity contribution in [1.82, 2.24) is 10.6 Å². The first-order chi connectivity index (χ1) is 20.0. The minimum absolute atomic E-state index is 0. The van der Waals surface area contributed by atoms with Gasteiger partial charge >= 0.3 is 25.9 Å². The van der Waals surface area contributed by atoms with Gasteiger partial charge in [0.15, 0.2) is 0 Å². The van der Waals surface area contributed by atoms with Crippen LogP contribution in [0.1, 0.15) is 81.9 Å². The van der Waals surface area contributed by atoms with E-state index in [1.54, 1.807) is 0 Å². The molecule has 0 aromatic rings. The van der Waals surface area contributed by atoms with Gasteiger partial charge in [-0.15, -0.1) is 24.2 Å². The average Bonchev–Trinajstić information content (AvgIpc) is 3.59. The Morgan fingerprint density at radius 1 is 0.744 bits per heavy atom. The van der Waals surface area contributed by atoms with E-state index in [0.29, 0.717) is 12.8 Å². The summed E-state index contributed by atoms with van der Waals surface area (Å²) in [6.45, 7) is 17.2. The third-order valence-corrected chi connectivity index (χ3v) is 11.5. The summed E-state index contributed by atoms with van der Waals surface area (Å²) in [5, 5.41) is 41.6. The topological polar surface area (TPSA) is 133 Å². The Balaban J connectivity index is 0.00000235. The van der Waals surface area contributed by atoms with Crippen LogP contribution in [-0.2, 0) is 9.59 Å². The Morgan fingerprint density at radius 2 is 1.14 bits per heavy atom. The summed E-state index contributed by atoms with van der Waals surface area (Å²) in [7, 11) is 0. The van der Waals surface area contributed by atoms with Gasteiger partial charge in [0.25, 0.3) is 0 Å². The number of carboxylic acid groups (broad SMARTS) is 2. The fraction of sp³-hybridized carbons (Fsp3) is 0.706. The molecule has 8 nitrogen and oxygen atoms in total. The number of rotatable bonds is 8. The van der Waals surface area contributed by atoms with Crippen molar-refractivity contribution in [2.45, 2.75) is 127 Å². The van der Waals surface area contributed by atoms with Gasteiger partial charge in [-0.25, -0.2) is 0 Å². The van der Waals surface area contributed by atoms with Gasteiger partial charge < -0.3 is 41.1 Å². The first kappa shape index (κ1) is 34.4. The van der Waals surface area contributed by atoms with Gasteiger partial charge in [-0.3, -0.25) is 0 Å². The molecule has 12 atom stereocenters. The van der Waals surface area contributed by atoms with Crippen molar-refractivity contribution in [3.63, 3.8) is 0 Å². The Hall–Kier alpha value is -1.49. The Labute approximate surface area is 276 Å². The third-order valence-electron chi connectivity index (χ3n) is 11.5. The smallest absolute Gasteiger partial charge is 0.656 e. The SMILES string of the molecule is C=CC1=C(C)C2CC3[N-]C(CC4[N-]C(CC5NC(CC1N2)C(C)=C5C=C)C(C)C4CCC(=O)[O-])C(CCC(=O)[O-])C3C.[H+].[H+].[Mg+2]. The van der Waals surface area contributed by atoms with Gasteiger partial charge in [0, 0.05) is 36.1 Å². The van der Waals surface area contributed by atoms with Crippen LogP contribution in [0.3, 0.4) is 0 Å². The average molecular weight is 603 g/mol. The number of aliphatic carboxylic acids is 2. The van der Waals surface area contributed by atoms with E-state index < -0.39 is 11.9 Å². The summed E-state index contributed by atoms with van der Waals surface area (Å²) < 4.78 is 0. The van der Waals surface area contributed by atoms with E-state index in [0.717, 1.165) is 25.7 Å². The zero-order chi connectivity index (χ0) is 30.3. The van der Waals surface area contributed by atoms with Crippen LogP contribution in [0.2, 0.25) is 0 Å². The predicted molar refractivity (Wildman–Crippen MR) is 169 cm³/mol. The molecule has 9 heteroatoms. The van der Waals surface area contributed by atoms with Gasteiger partial charge in [0.05, 0.1) is 0 Å². The number of fused-ring (bicyclic) bond motifs is 8. The minimum atomic E-state index is -1.02. The van der Waals surface area contributed by atoms with Crippen molar-refractivity contribution in [2.75, 3.05) is 0 Å². The van der Waals surface area contributed by atoms with E-state index in [-0.39, 0.29) is 111 Å². The normalized spacial score (nSPS) is 40.8. The van der Waals surface area contributed by atoms with Crippen LogP contribution in [0.5, 0.6) is 0 Å². The summed E-state index contributed by atoms with van der Waals surface area (Å²) in [4.78, 5) is 23.0. The summed E-state index contributed by atoms with van der Waals surface area (Å²) in [5.41, 5.74) is 5.18. The summed E-state index contributed by atoms with van der Waals surface area (Å²) in [6.07, 6.45) is 8.47.